The Hall–Kier alpha value is -1.06. The lowest BCUT2D eigenvalue weighted by atomic mass is 9.79. The molecule has 0 radical (unpaired) electrons. The highest BCUT2D eigenvalue weighted by Crippen LogP contribution is 2.31. The molecule has 0 aromatic rings. The van der Waals surface area contributed by atoms with Gasteiger partial charge in [-0.3, -0.25) is 0 Å². The van der Waals surface area contributed by atoms with Gasteiger partial charge in [0.05, 0.1) is 24.0 Å². The van der Waals surface area contributed by atoms with Crippen LogP contribution in [0.15, 0.2) is 0 Å². The van der Waals surface area contributed by atoms with E-state index in [1.54, 1.807) is 0 Å². The monoisotopic (exact) mass is 219 g/mol. The Labute approximate surface area is 98.7 Å². The van der Waals surface area contributed by atoms with Crippen LogP contribution in [0.2, 0.25) is 0 Å². The lowest BCUT2D eigenvalue weighted by Gasteiger charge is -2.37. The molecule has 0 bridgehead atoms. The van der Waals surface area contributed by atoms with Gasteiger partial charge in [0.25, 0.3) is 0 Å². The molecule has 16 heavy (non-hydrogen) atoms. The van der Waals surface area contributed by atoms with Gasteiger partial charge in [-0.25, -0.2) is 0 Å². The molecule has 1 fully saturated rings. The van der Waals surface area contributed by atoms with Gasteiger partial charge in [-0.05, 0) is 39.2 Å². The minimum atomic E-state index is 0.0431. The average Bonchev–Trinajstić information content (AvgIpc) is 2.28. The van der Waals surface area contributed by atoms with E-state index in [0.717, 1.165) is 25.8 Å². The van der Waals surface area contributed by atoms with Crippen LogP contribution >= 0.6 is 0 Å². The molecular weight excluding hydrogens is 198 g/mol. The predicted molar refractivity (Wildman–Crippen MR) is 63.3 cm³/mol. The Bertz CT molecular complexity index is 299. The second kappa shape index (κ2) is 5.87. The van der Waals surface area contributed by atoms with Crippen molar-refractivity contribution in [3.05, 3.63) is 0 Å². The first-order chi connectivity index (χ1) is 7.58. The van der Waals surface area contributed by atoms with E-state index >= 15 is 0 Å². The molecule has 4 unspecified atom stereocenters. The lowest BCUT2D eigenvalue weighted by molar-refractivity contribution is 0.124. The molecule has 0 N–H and O–H groups in total. The molecule has 1 rings (SSSR count). The van der Waals surface area contributed by atoms with Crippen LogP contribution in [0.1, 0.15) is 33.1 Å². The van der Waals surface area contributed by atoms with Crippen molar-refractivity contribution in [2.45, 2.75) is 39.2 Å². The smallest absolute Gasteiger partial charge is 0.0672 e. The predicted octanol–water partition coefficient (Wildman–Crippen LogP) is 2.41. The second-order valence-corrected chi connectivity index (χ2v) is 5.19. The molecule has 4 atom stereocenters. The Morgan fingerprint density at radius 3 is 2.62 bits per heavy atom. The van der Waals surface area contributed by atoms with Gasteiger partial charge in [0, 0.05) is 12.6 Å². The summed E-state index contributed by atoms with van der Waals surface area (Å²) in [5.41, 5.74) is 0. The fraction of sp³-hybridized carbons (Fsp3) is 0.846. The molecule has 0 aromatic carbocycles. The van der Waals surface area contributed by atoms with Crippen molar-refractivity contribution in [1.29, 1.82) is 10.5 Å². The molecule has 88 valence electrons. The highest BCUT2D eigenvalue weighted by atomic mass is 15.1. The fourth-order valence-corrected chi connectivity index (χ4v) is 2.60. The maximum Gasteiger partial charge on any atom is 0.0672 e. The van der Waals surface area contributed by atoms with Crippen molar-refractivity contribution in [3.63, 3.8) is 0 Å². The first-order valence-electron chi connectivity index (χ1n) is 6.08. The van der Waals surface area contributed by atoms with Gasteiger partial charge in [-0.15, -0.1) is 0 Å². The highest BCUT2D eigenvalue weighted by molar-refractivity contribution is 4.97. The van der Waals surface area contributed by atoms with Gasteiger partial charge in [0.15, 0.2) is 0 Å². The van der Waals surface area contributed by atoms with Gasteiger partial charge in [0.1, 0.15) is 0 Å². The summed E-state index contributed by atoms with van der Waals surface area (Å²) in [5.74, 6) is 0.892. The van der Waals surface area contributed by atoms with Gasteiger partial charge >= 0.3 is 0 Å². The van der Waals surface area contributed by atoms with E-state index in [2.05, 4.69) is 24.0 Å². The Kier molecular flexibility index (Phi) is 4.77. The van der Waals surface area contributed by atoms with Gasteiger partial charge in [-0.1, -0.05) is 6.92 Å². The molecule has 0 amide bonds. The molecule has 0 saturated heterocycles. The van der Waals surface area contributed by atoms with E-state index in [1.165, 1.54) is 0 Å². The number of nitrogens with zero attached hydrogens (tertiary/aromatic N) is 3. The van der Waals surface area contributed by atoms with Crippen molar-refractivity contribution < 1.29 is 0 Å². The lowest BCUT2D eigenvalue weighted by Crippen LogP contribution is -2.43. The topological polar surface area (TPSA) is 50.8 Å². The SMILES string of the molecule is CC(C#N)CN(C)C1CC(C)CCC1C#N. The molecule has 0 aromatic heterocycles. The van der Waals surface area contributed by atoms with E-state index in [1.807, 2.05) is 14.0 Å². The van der Waals surface area contributed by atoms with Crippen LogP contribution < -0.4 is 0 Å². The van der Waals surface area contributed by atoms with Crippen LogP contribution in [0, 0.1) is 40.4 Å². The van der Waals surface area contributed by atoms with E-state index in [4.69, 9.17) is 10.5 Å². The zero-order valence-corrected chi connectivity index (χ0v) is 10.5. The molecular formula is C13H21N3. The van der Waals surface area contributed by atoms with Crippen LogP contribution in [0.25, 0.3) is 0 Å². The summed E-state index contributed by atoms with van der Waals surface area (Å²) in [6, 6.07) is 5.01. The van der Waals surface area contributed by atoms with Crippen LogP contribution in [0.3, 0.4) is 0 Å². The summed E-state index contributed by atoms with van der Waals surface area (Å²) in [5, 5.41) is 18.0. The minimum Gasteiger partial charge on any atom is -0.301 e. The summed E-state index contributed by atoms with van der Waals surface area (Å²) >= 11 is 0. The number of hydrogen-bond donors (Lipinski definition) is 0. The highest BCUT2D eigenvalue weighted by Gasteiger charge is 2.31. The molecule has 3 nitrogen and oxygen atoms in total. The van der Waals surface area contributed by atoms with E-state index in [0.29, 0.717) is 12.0 Å². The van der Waals surface area contributed by atoms with Crippen molar-refractivity contribution in [3.8, 4) is 12.1 Å². The summed E-state index contributed by atoms with van der Waals surface area (Å²) in [7, 11) is 2.04. The van der Waals surface area contributed by atoms with Gasteiger partial charge in [-0.2, -0.15) is 10.5 Å². The largest absolute Gasteiger partial charge is 0.301 e. The third-order valence-corrected chi connectivity index (χ3v) is 3.59. The first kappa shape index (κ1) is 13.0. The summed E-state index contributed by atoms with van der Waals surface area (Å²) in [4.78, 5) is 2.21. The van der Waals surface area contributed by atoms with Gasteiger partial charge in [0.2, 0.25) is 0 Å². The number of hydrogen-bond acceptors (Lipinski definition) is 3. The van der Waals surface area contributed by atoms with Crippen molar-refractivity contribution in [1.82, 2.24) is 4.90 Å². The Morgan fingerprint density at radius 2 is 2.06 bits per heavy atom. The number of rotatable bonds is 3. The maximum atomic E-state index is 9.15. The van der Waals surface area contributed by atoms with Crippen molar-refractivity contribution in [2.75, 3.05) is 13.6 Å². The summed E-state index contributed by atoms with van der Waals surface area (Å²) < 4.78 is 0. The summed E-state index contributed by atoms with van der Waals surface area (Å²) in [6.07, 6.45) is 3.26. The van der Waals surface area contributed by atoms with Crippen LogP contribution in [-0.2, 0) is 0 Å². The number of nitriles is 2. The average molecular weight is 219 g/mol. The van der Waals surface area contributed by atoms with E-state index in [-0.39, 0.29) is 11.8 Å². The zero-order valence-electron chi connectivity index (χ0n) is 10.5. The normalized spacial score (nSPS) is 31.8. The van der Waals surface area contributed by atoms with Crippen LogP contribution in [-0.4, -0.2) is 24.5 Å². The van der Waals surface area contributed by atoms with E-state index < -0.39 is 0 Å². The molecule has 1 aliphatic carbocycles. The third kappa shape index (κ3) is 3.22. The first-order valence-corrected chi connectivity index (χ1v) is 6.08. The standard InChI is InChI=1S/C13H21N3/c1-10-4-5-12(8-15)13(6-10)16(3)9-11(2)7-14/h10-13H,4-6,9H2,1-3H3. The fourth-order valence-electron chi connectivity index (χ4n) is 2.60. The molecule has 0 heterocycles. The molecule has 3 heteroatoms. The van der Waals surface area contributed by atoms with Crippen LogP contribution in [0.4, 0.5) is 0 Å². The van der Waals surface area contributed by atoms with Gasteiger partial charge < -0.3 is 4.90 Å². The summed E-state index contributed by atoms with van der Waals surface area (Å²) in [6.45, 7) is 4.96. The van der Waals surface area contributed by atoms with Crippen molar-refractivity contribution >= 4 is 0 Å². The second-order valence-electron chi connectivity index (χ2n) is 5.19. The zero-order chi connectivity index (χ0) is 12.1. The molecule has 1 saturated carbocycles. The van der Waals surface area contributed by atoms with Crippen LogP contribution in [0.5, 0.6) is 0 Å². The Morgan fingerprint density at radius 1 is 1.38 bits per heavy atom. The molecule has 1 aliphatic rings. The third-order valence-electron chi connectivity index (χ3n) is 3.59. The molecule has 0 spiro atoms. The quantitative estimate of drug-likeness (QED) is 0.732. The Balaban J connectivity index is 2.61. The maximum absolute atomic E-state index is 9.15. The molecule has 0 aliphatic heterocycles. The van der Waals surface area contributed by atoms with E-state index in [9.17, 15) is 0 Å². The van der Waals surface area contributed by atoms with Crippen molar-refractivity contribution in [2.24, 2.45) is 17.8 Å². The minimum absolute atomic E-state index is 0.0431.